The molecule has 0 bridgehead atoms. The number of halogens is 1. The lowest BCUT2D eigenvalue weighted by atomic mass is 9.83. The zero-order chi connectivity index (χ0) is 24.1. The highest BCUT2D eigenvalue weighted by atomic mass is 127. The van der Waals surface area contributed by atoms with Crippen molar-refractivity contribution >= 4 is 44.2 Å². The fourth-order valence-electron chi connectivity index (χ4n) is 3.53. The van der Waals surface area contributed by atoms with E-state index in [0.29, 0.717) is 12.8 Å². The monoisotopic (exact) mass is 554 g/mol. The average Bonchev–Trinajstić information content (AvgIpc) is 2.60. The molecule has 0 radical (unpaired) electrons. The van der Waals surface area contributed by atoms with Crippen LogP contribution >= 0.6 is 22.6 Å². The van der Waals surface area contributed by atoms with Gasteiger partial charge in [-0.05, 0) is 46.5 Å². The van der Waals surface area contributed by atoms with Crippen molar-refractivity contribution in [1.29, 1.82) is 0 Å². The fraction of sp³-hybridized carbons (Fsp3) is 0.810. The summed E-state index contributed by atoms with van der Waals surface area (Å²) >= 11 is 1.39. The molecule has 0 aromatic rings. The van der Waals surface area contributed by atoms with Crippen molar-refractivity contribution in [3.05, 3.63) is 0 Å². The molecule has 1 fully saturated rings. The number of ether oxygens (including phenoxy) is 3. The smallest absolute Gasteiger partial charge is 0.408 e. The lowest BCUT2D eigenvalue weighted by molar-refractivity contribution is -0.213. The van der Waals surface area contributed by atoms with Gasteiger partial charge in [0.1, 0.15) is 11.6 Å². The fourth-order valence-corrected chi connectivity index (χ4v) is 3.94. The lowest BCUT2D eigenvalue weighted by Crippen LogP contribution is -2.69. The number of amides is 2. The summed E-state index contributed by atoms with van der Waals surface area (Å²) in [5, 5.41) is 5.22. The number of hydrogen-bond acceptors (Lipinski definition) is 7. The Hall–Kier alpha value is -1.27. The SMILES string of the molecule is CO[C@H]1C[C@@H](C)[C@](NC(=O)[C@@H](CC(C)C)NC(=O)OC(C)(C)C)(C(=O)C(=O)I)O[C@@H]1C. The van der Waals surface area contributed by atoms with E-state index in [0.717, 1.165) is 0 Å². The Labute approximate surface area is 197 Å². The van der Waals surface area contributed by atoms with Crippen LogP contribution < -0.4 is 10.6 Å². The third-order valence-electron chi connectivity index (χ3n) is 5.02. The van der Waals surface area contributed by atoms with Crippen LogP contribution in [0.1, 0.15) is 61.3 Å². The van der Waals surface area contributed by atoms with Crippen LogP contribution in [0.2, 0.25) is 0 Å². The number of ketones is 1. The van der Waals surface area contributed by atoms with Crippen LogP contribution in [0, 0.1) is 11.8 Å². The normalized spacial score (nSPS) is 27.4. The first kappa shape index (κ1) is 27.8. The Bertz CT molecular complexity index is 692. The topological polar surface area (TPSA) is 120 Å². The molecule has 5 atom stereocenters. The summed E-state index contributed by atoms with van der Waals surface area (Å²) in [4.78, 5) is 50.4. The number of Topliss-reactive ketones (excluding diaryl/α,β-unsaturated/α-hetero) is 1. The van der Waals surface area contributed by atoms with Crippen LogP contribution in [0.4, 0.5) is 4.79 Å². The van der Waals surface area contributed by atoms with Crippen LogP contribution in [0.3, 0.4) is 0 Å². The highest BCUT2D eigenvalue weighted by molar-refractivity contribution is 14.1. The summed E-state index contributed by atoms with van der Waals surface area (Å²) in [7, 11) is 1.54. The first-order chi connectivity index (χ1) is 14.1. The quantitative estimate of drug-likeness (QED) is 0.269. The molecule has 2 amide bonds. The van der Waals surface area contributed by atoms with Crippen LogP contribution in [-0.4, -0.2) is 58.3 Å². The number of hydrogen-bond donors (Lipinski definition) is 2. The maximum atomic E-state index is 13.2. The number of alkyl carbamates (subject to hydrolysis) is 1. The zero-order valence-electron chi connectivity index (χ0n) is 19.5. The summed E-state index contributed by atoms with van der Waals surface area (Å²) in [6, 6.07) is -0.977. The molecule has 10 heteroatoms. The molecule has 9 nitrogen and oxygen atoms in total. The average molecular weight is 554 g/mol. The van der Waals surface area contributed by atoms with Crippen molar-refractivity contribution in [2.45, 2.75) is 90.9 Å². The van der Waals surface area contributed by atoms with Crippen molar-refractivity contribution in [1.82, 2.24) is 10.6 Å². The molecule has 0 saturated carbocycles. The van der Waals surface area contributed by atoms with Gasteiger partial charge in [0.2, 0.25) is 11.6 Å². The molecule has 1 aliphatic heterocycles. The Morgan fingerprint density at radius 1 is 1.19 bits per heavy atom. The molecule has 0 aliphatic carbocycles. The van der Waals surface area contributed by atoms with Gasteiger partial charge in [-0.1, -0.05) is 20.8 Å². The third kappa shape index (κ3) is 7.67. The molecule has 0 aromatic carbocycles. The van der Waals surface area contributed by atoms with Crippen LogP contribution in [0.15, 0.2) is 0 Å². The molecule has 178 valence electrons. The van der Waals surface area contributed by atoms with E-state index in [4.69, 9.17) is 14.2 Å². The minimum atomic E-state index is -1.84. The number of carbonyl (C=O) groups excluding carboxylic acids is 4. The second kappa shape index (κ2) is 11.0. The minimum Gasteiger partial charge on any atom is -0.444 e. The molecule has 0 unspecified atom stereocenters. The largest absolute Gasteiger partial charge is 0.444 e. The minimum absolute atomic E-state index is 0.0602. The van der Waals surface area contributed by atoms with Gasteiger partial charge in [-0.25, -0.2) is 4.79 Å². The van der Waals surface area contributed by atoms with Crippen molar-refractivity contribution in [2.24, 2.45) is 11.8 Å². The molecule has 31 heavy (non-hydrogen) atoms. The molecular formula is C21H35IN2O7. The molecule has 1 rings (SSSR count). The van der Waals surface area contributed by atoms with Gasteiger partial charge in [0.15, 0.2) is 0 Å². The van der Waals surface area contributed by atoms with Gasteiger partial charge >= 0.3 is 6.09 Å². The number of carbonyl (C=O) groups is 4. The third-order valence-corrected chi connectivity index (χ3v) is 5.51. The number of nitrogens with one attached hydrogen (secondary N) is 2. The lowest BCUT2D eigenvalue weighted by Gasteiger charge is -2.46. The van der Waals surface area contributed by atoms with E-state index in [1.54, 1.807) is 34.6 Å². The van der Waals surface area contributed by atoms with Gasteiger partial charge in [-0.2, -0.15) is 0 Å². The Balaban J connectivity index is 3.20. The predicted octanol–water partition coefficient (Wildman–Crippen LogP) is 2.73. The molecule has 1 aliphatic rings. The van der Waals surface area contributed by atoms with Crippen molar-refractivity contribution < 1.29 is 33.4 Å². The van der Waals surface area contributed by atoms with Gasteiger partial charge in [-0.3, -0.25) is 14.4 Å². The standard InChI is InChI=1S/C21H35IN2O7/c1-11(2)9-14(23-19(28)31-20(5,6)7)18(27)24-21(16(25)17(22)26)12(3)10-15(29-8)13(4)30-21/h11-15H,9-10H2,1-8H3,(H,23,28)(H,24,27)/t12-,13-,14-,15+,21-/m1/s1. The number of methoxy groups -OCH3 is 1. The summed E-state index contributed by atoms with van der Waals surface area (Å²) in [6.45, 7) is 12.4. The Kier molecular flexibility index (Phi) is 9.89. The van der Waals surface area contributed by atoms with Gasteiger partial charge in [0.25, 0.3) is 9.57 Å². The van der Waals surface area contributed by atoms with E-state index in [-0.39, 0.29) is 12.0 Å². The zero-order valence-corrected chi connectivity index (χ0v) is 21.7. The predicted molar refractivity (Wildman–Crippen MR) is 123 cm³/mol. The summed E-state index contributed by atoms with van der Waals surface area (Å²) < 4.78 is 15.9. The summed E-state index contributed by atoms with van der Waals surface area (Å²) in [5.41, 5.74) is -2.58. The van der Waals surface area contributed by atoms with Gasteiger partial charge < -0.3 is 24.8 Å². The van der Waals surface area contributed by atoms with Crippen molar-refractivity contribution in [2.75, 3.05) is 7.11 Å². The first-order valence-electron chi connectivity index (χ1n) is 10.4. The van der Waals surface area contributed by atoms with E-state index in [2.05, 4.69) is 10.6 Å². The number of rotatable bonds is 8. The van der Waals surface area contributed by atoms with E-state index >= 15 is 0 Å². The van der Waals surface area contributed by atoms with Crippen molar-refractivity contribution in [3.8, 4) is 0 Å². The van der Waals surface area contributed by atoms with Gasteiger partial charge in [0.05, 0.1) is 12.2 Å². The molecular weight excluding hydrogens is 519 g/mol. The van der Waals surface area contributed by atoms with Crippen LogP contribution in [0.5, 0.6) is 0 Å². The Morgan fingerprint density at radius 2 is 1.77 bits per heavy atom. The van der Waals surface area contributed by atoms with Crippen LogP contribution in [-0.2, 0) is 28.6 Å². The maximum absolute atomic E-state index is 13.2. The van der Waals surface area contributed by atoms with E-state index in [1.165, 1.54) is 29.7 Å². The second-order valence-electron chi connectivity index (χ2n) is 9.39. The molecule has 1 saturated heterocycles. The second-order valence-corrected chi connectivity index (χ2v) is 10.4. The highest BCUT2D eigenvalue weighted by Gasteiger charge is 2.54. The molecule has 0 spiro atoms. The van der Waals surface area contributed by atoms with E-state index in [9.17, 15) is 19.2 Å². The molecule has 1 heterocycles. The molecule has 2 N–H and O–H groups in total. The van der Waals surface area contributed by atoms with Gasteiger partial charge in [-0.15, -0.1) is 0 Å². The first-order valence-corrected chi connectivity index (χ1v) is 11.5. The maximum Gasteiger partial charge on any atom is 0.408 e. The highest BCUT2D eigenvalue weighted by Crippen LogP contribution is 2.35. The molecule has 0 aromatic heterocycles. The van der Waals surface area contributed by atoms with Crippen LogP contribution in [0.25, 0.3) is 0 Å². The van der Waals surface area contributed by atoms with Crippen molar-refractivity contribution in [3.63, 3.8) is 0 Å². The van der Waals surface area contributed by atoms with E-state index in [1.807, 2.05) is 13.8 Å². The summed E-state index contributed by atoms with van der Waals surface area (Å²) in [6.07, 6.45) is -0.865. The van der Waals surface area contributed by atoms with Gasteiger partial charge in [0, 0.05) is 35.6 Å². The summed E-state index contributed by atoms with van der Waals surface area (Å²) in [5.74, 6) is -1.95. The Morgan fingerprint density at radius 3 is 2.23 bits per heavy atom. The van der Waals surface area contributed by atoms with E-state index < -0.39 is 51.0 Å².